The van der Waals surface area contributed by atoms with E-state index in [0.717, 1.165) is 49.0 Å². The molecule has 1 atom stereocenters. The van der Waals surface area contributed by atoms with Gasteiger partial charge in [0.1, 0.15) is 0 Å². The van der Waals surface area contributed by atoms with Gasteiger partial charge >= 0.3 is 0 Å². The van der Waals surface area contributed by atoms with Crippen molar-refractivity contribution in [2.45, 2.75) is 38.6 Å². The molecule has 0 saturated carbocycles. The molecule has 1 saturated heterocycles. The standard InChI is InChI=1S/C13H18N2O2S/c16-12-10-3-1-2-4-11(10)13(17)15(14-12)7-9-5-6-18-8-9/h9H,1-8H2,(H,14,16). The van der Waals surface area contributed by atoms with E-state index in [9.17, 15) is 9.59 Å². The lowest BCUT2D eigenvalue weighted by molar-refractivity contribution is 0.432. The van der Waals surface area contributed by atoms with Crippen LogP contribution in [-0.2, 0) is 19.4 Å². The zero-order valence-electron chi connectivity index (χ0n) is 10.4. The van der Waals surface area contributed by atoms with Crippen molar-refractivity contribution in [2.24, 2.45) is 5.92 Å². The second-order valence-corrected chi connectivity index (χ2v) is 6.40. The molecule has 1 fully saturated rings. The van der Waals surface area contributed by atoms with Gasteiger partial charge in [0.2, 0.25) is 0 Å². The van der Waals surface area contributed by atoms with E-state index in [1.165, 1.54) is 5.75 Å². The number of nitrogens with zero attached hydrogens (tertiary/aromatic N) is 1. The van der Waals surface area contributed by atoms with E-state index in [1.807, 2.05) is 11.8 Å². The van der Waals surface area contributed by atoms with Gasteiger partial charge in [0.15, 0.2) is 0 Å². The number of thioether (sulfide) groups is 1. The third kappa shape index (κ3) is 2.16. The summed E-state index contributed by atoms with van der Waals surface area (Å²) >= 11 is 1.93. The number of aromatic amines is 1. The van der Waals surface area contributed by atoms with E-state index in [1.54, 1.807) is 4.68 Å². The molecule has 2 heterocycles. The Morgan fingerprint density at radius 2 is 2.00 bits per heavy atom. The van der Waals surface area contributed by atoms with Crippen molar-refractivity contribution in [3.63, 3.8) is 0 Å². The van der Waals surface area contributed by atoms with E-state index in [0.29, 0.717) is 12.5 Å². The van der Waals surface area contributed by atoms with Crippen molar-refractivity contribution in [1.29, 1.82) is 0 Å². The molecular weight excluding hydrogens is 248 g/mol. The van der Waals surface area contributed by atoms with Crippen molar-refractivity contribution >= 4 is 11.8 Å². The van der Waals surface area contributed by atoms with Gasteiger partial charge in [0.25, 0.3) is 11.1 Å². The molecule has 1 aromatic rings. The summed E-state index contributed by atoms with van der Waals surface area (Å²) in [5.74, 6) is 2.81. The second-order valence-electron chi connectivity index (χ2n) is 5.25. The predicted molar refractivity (Wildman–Crippen MR) is 73.4 cm³/mol. The Bertz CT molecular complexity index is 555. The van der Waals surface area contributed by atoms with Crippen molar-refractivity contribution < 1.29 is 0 Å². The minimum atomic E-state index is -0.0463. The second kappa shape index (κ2) is 4.96. The Morgan fingerprint density at radius 1 is 1.22 bits per heavy atom. The van der Waals surface area contributed by atoms with Gasteiger partial charge in [-0.05, 0) is 49.5 Å². The van der Waals surface area contributed by atoms with Crippen molar-refractivity contribution in [3.8, 4) is 0 Å². The summed E-state index contributed by atoms with van der Waals surface area (Å²) in [4.78, 5) is 24.3. The average Bonchev–Trinajstić information content (AvgIpc) is 2.89. The first-order valence-corrected chi connectivity index (χ1v) is 7.84. The fourth-order valence-electron chi connectivity index (χ4n) is 2.91. The number of H-pyrrole nitrogens is 1. The maximum absolute atomic E-state index is 12.3. The summed E-state index contributed by atoms with van der Waals surface area (Å²) in [7, 11) is 0. The first-order chi connectivity index (χ1) is 8.75. The summed E-state index contributed by atoms with van der Waals surface area (Å²) < 4.78 is 1.56. The summed E-state index contributed by atoms with van der Waals surface area (Å²) in [6.45, 7) is 0.675. The first-order valence-electron chi connectivity index (χ1n) is 6.68. The third-order valence-corrected chi connectivity index (χ3v) is 5.18. The number of aromatic nitrogens is 2. The normalized spacial score (nSPS) is 23.0. The third-order valence-electron chi connectivity index (χ3n) is 3.95. The molecular formula is C13H18N2O2S. The van der Waals surface area contributed by atoms with Crippen LogP contribution in [0.25, 0.3) is 0 Å². The molecule has 0 bridgehead atoms. The zero-order valence-corrected chi connectivity index (χ0v) is 11.2. The Labute approximate surface area is 110 Å². The Balaban J connectivity index is 1.97. The summed E-state index contributed by atoms with van der Waals surface area (Å²) in [6, 6.07) is 0. The largest absolute Gasteiger partial charge is 0.268 e. The van der Waals surface area contributed by atoms with Crippen LogP contribution in [0.15, 0.2) is 9.59 Å². The van der Waals surface area contributed by atoms with E-state index in [-0.39, 0.29) is 11.1 Å². The number of rotatable bonds is 2. The highest BCUT2D eigenvalue weighted by atomic mass is 32.2. The number of hydrogen-bond donors (Lipinski definition) is 1. The summed E-state index contributed by atoms with van der Waals surface area (Å²) in [6.07, 6.45) is 4.75. The average molecular weight is 266 g/mol. The van der Waals surface area contributed by atoms with Gasteiger partial charge in [0.05, 0.1) is 0 Å². The smallest absolute Gasteiger partial charge is 0.268 e. The van der Waals surface area contributed by atoms with Crippen molar-refractivity contribution in [1.82, 2.24) is 9.78 Å². The molecule has 1 unspecified atom stereocenters. The molecule has 0 amide bonds. The molecule has 0 aromatic carbocycles. The van der Waals surface area contributed by atoms with Gasteiger partial charge in [-0.25, -0.2) is 4.68 Å². The molecule has 1 aliphatic carbocycles. The lowest BCUT2D eigenvalue weighted by atomic mass is 9.94. The Morgan fingerprint density at radius 3 is 2.72 bits per heavy atom. The topological polar surface area (TPSA) is 54.9 Å². The highest BCUT2D eigenvalue weighted by Crippen LogP contribution is 2.24. The van der Waals surface area contributed by atoms with Crippen LogP contribution in [0.4, 0.5) is 0 Å². The van der Waals surface area contributed by atoms with Gasteiger partial charge in [-0.1, -0.05) is 0 Å². The minimum absolute atomic E-state index is 0.0428. The summed E-state index contributed by atoms with van der Waals surface area (Å²) in [5.41, 5.74) is 1.51. The molecule has 18 heavy (non-hydrogen) atoms. The molecule has 3 rings (SSSR count). The van der Waals surface area contributed by atoms with Crippen LogP contribution in [0.5, 0.6) is 0 Å². The van der Waals surface area contributed by atoms with Crippen LogP contribution in [0.2, 0.25) is 0 Å². The van der Waals surface area contributed by atoms with Crippen LogP contribution in [0, 0.1) is 5.92 Å². The van der Waals surface area contributed by atoms with Crippen LogP contribution >= 0.6 is 11.8 Å². The van der Waals surface area contributed by atoms with Gasteiger partial charge in [-0.15, -0.1) is 0 Å². The first kappa shape index (κ1) is 12.1. The van der Waals surface area contributed by atoms with Crippen LogP contribution in [0.1, 0.15) is 30.4 Å². The molecule has 5 heteroatoms. The van der Waals surface area contributed by atoms with Crippen LogP contribution in [0.3, 0.4) is 0 Å². The molecule has 2 aliphatic rings. The van der Waals surface area contributed by atoms with Gasteiger partial charge < -0.3 is 0 Å². The maximum atomic E-state index is 12.3. The van der Waals surface area contributed by atoms with Crippen LogP contribution < -0.4 is 11.1 Å². The lowest BCUT2D eigenvalue weighted by Crippen LogP contribution is -2.38. The zero-order chi connectivity index (χ0) is 12.5. The van der Waals surface area contributed by atoms with E-state index >= 15 is 0 Å². The molecule has 4 nitrogen and oxygen atoms in total. The van der Waals surface area contributed by atoms with E-state index in [4.69, 9.17) is 0 Å². The highest BCUT2D eigenvalue weighted by molar-refractivity contribution is 7.99. The van der Waals surface area contributed by atoms with Crippen molar-refractivity contribution in [3.05, 3.63) is 31.8 Å². The maximum Gasteiger partial charge on any atom is 0.268 e. The molecule has 1 N–H and O–H groups in total. The summed E-state index contributed by atoms with van der Waals surface area (Å²) in [5, 5.41) is 2.77. The Hall–Kier alpha value is -0.970. The quantitative estimate of drug-likeness (QED) is 0.874. The lowest BCUT2D eigenvalue weighted by Gasteiger charge is -2.17. The fourth-order valence-corrected chi connectivity index (χ4v) is 4.18. The Kier molecular flexibility index (Phi) is 3.33. The van der Waals surface area contributed by atoms with E-state index < -0.39 is 0 Å². The van der Waals surface area contributed by atoms with Gasteiger partial charge in [-0.3, -0.25) is 14.7 Å². The molecule has 1 aliphatic heterocycles. The fraction of sp³-hybridized carbons (Fsp3) is 0.692. The number of hydrogen-bond acceptors (Lipinski definition) is 3. The van der Waals surface area contributed by atoms with Gasteiger partial charge in [-0.2, -0.15) is 11.8 Å². The monoisotopic (exact) mass is 266 g/mol. The number of nitrogens with one attached hydrogen (secondary N) is 1. The SMILES string of the molecule is O=c1[nH]n(CC2CCSC2)c(=O)c2c1CCCC2. The predicted octanol–water partition coefficient (Wildman–Crippen LogP) is 1.17. The number of fused-ring (bicyclic) bond motifs is 1. The highest BCUT2D eigenvalue weighted by Gasteiger charge is 2.21. The van der Waals surface area contributed by atoms with Crippen LogP contribution in [-0.4, -0.2) is 21.3 Å². The molecule has 98 valence electrons. The molecule has 1 aromatic heterocycles. The minimum Gasteiger partial charge on any atom is -0.268 e. The van der Waals surface area contributed by atoms with Gasteiger partial charge in [0, 0.05) is 17.7 Å². The molecule has 0 radical (unpaired) electrons. The van der Waals surface area contributed by atoms with Crippen molar-refractivity contribution in [2.75, 3.05) is 11.5 Å². The molecule has 0 spiro atoms. The van der Waals surface area contributed by atoms with E-state index in [2.05, 4.69) is 5.10 Å².